The number of nitrogens with one attached hydrogen (secondary N) is 2. The molecule has 0 spiro atoms. The van der Waals surface area contributed by atoms with E-state index >= 15 is 0 Å². The van der Waals surface area contributed by atoms with Crippen molar-refractivity contribution in [1.82, 2.24) is 9.88 Å². The summed E-state index contributed by atoms with van der Waals surface area (Å²) in [6, 6.07) is 15.3. The molecule has 0 saturated carbocycles. The molecule has 0 fully saturated rings. The number of para-hydroxylation sites is 1. The predicted octanol–water partition coefficient (Wildman–Crippen LogP) is 2.74. The number of H-pyrrole nitrogens is 1. The molecule has 25 heavy (non-hydrogen) atoms. The number of hydrogen-bond acceptors (Lipinski definition) is 3. The van der Waals surface area contributed by atoms with E-state index in [9.17, 15) is 4.79 Å². The lowest BCUT2D eigenvalue weighted by molar-refractivity contribution is -0.117. The SMILES string of the molecule is CN(C)Cc1cccc(NC(=O)[C@@H](N)Cc2c[nH]c3ccccc23)c1. The predicted molar refractivity (Wildman–Crippen MR) is 102 cm³/mol. The number of aromatic nitrogens is 1. The lowest BCUT2D eigenvalue weighted by Gasteiger charge is -2.14. The molecule has 1 heterocycles. The number of hydrogen-bond donors (Lipinski definition) is 3. The molecule has 3 rings (SSSR count). The van der Waals surface area contributed by atoms with Crippen molar-refractivity contribution in [3.05, 3.63) is 65.9 Å². The number of rotatable bonds is 6. The van der Waals surface area contributed by atoms with Crippen LogP contribution < -0.4 is 11.1 Å². The van der Waals surface area contributed by atoms with Crippen molar-refractivity contribution in [1.29, 1.82) is 0 Å². The molecule has 130 valence electrons. The molecule has 5 nitrogen and oxygen atoms in total. The van der Waals surface area contributed by atoms with Gasteiger partial charge >= 0.3 is 0 Å². The molecular formula is C20H24N4O. The fraction of sp³-hybridized carbons (Fsp3) is 0.250. The number of carbonyl (C=O) groups is 1. The Balaban J connectivity index is 1.66. The van der Waals surface area contributed by atoms with Gasteiger partial charge in [0.05, 0.1) is 6.04 Å². The molecule has 2 aromatic carbocycles. The zero-order valence-corrected chi connectivity index (χ0v) is 14.6. The third-order valence-corrected chi connectivity index (χ3v) is 4.14. The Bertz CT molecular complexity index is 869. The lowest BCUT2D eigenvalue weighted by atomic mass is 10.0. The minimum atomic E-state index is -0.600. The first-order chi connectivity index (χ1) is 12.0. The molecule has 5 heteroatoms. The van der Waals surface area contributed by atoms with Crippen LogP contribution in [0.15, 0.2) is 54.7 Å². The van der Waals surface area contributed by atoms with Crippen LogP contribution in [0.1, 0.15) is 11.1 Å². The van der Waals surface area contributed by atoms with E-state index in [1.54, 1.807) is 0 Å². The highest BCUT2D eigenvalue weighted by Crippen LogP contribution is 2.19. The van der Waals surface area contributed by atoms with Gasteiger partial charge in [-0.3, -0.25) is 4.79 Å². The molecule has 1 atom stereocenters. The van der Waals surface area contributed by atoms with Crippen LogP contribution in [0.5, 0.6) is 0 Å². The van der Waals surface area contributed by atoms with Gasteiger partial charge in [0.2, 0.25) is 5.91 Å². The molecule has 0 unspecified atom stereocenters. The normalized spacial score (nSPS) is 12.5. The number of fused-ring (bicyclic) bond motifs is 1. The summed E-state index contributed by atoms with van der Waals surface area (Å²) >= 11 is 0. The monoisotopic (exact) mass is 336 g/mol. The molecule has 3 aromatic rings. The Kier molecular flexibility index (Phi) is 5.16. The molecule has 0 aliphatic carbocycles. The van der Waals surface area contributed by atoms with Crippen LogP contribution in [-0.4, -0.2) is 35.9 Å². The molecule has 0 radical (unpaired) electrons. The van der Waals surface area contributed by atoms with Gasteiger partial charge < -0.3 is 20.9 Å². The maximum atomic E-state index is 12.5. The van der Waals surface area contributed by atoms with Crippen molar-refractivity contribution in [3.63, 3.8) is 0 Å². The number of amides is 1. The van der Waals surface area contributed by atoms with Gasteiger partial charge in [-0.05, 0) is 49.8 Å². The molecule has 0 aliphatic heterocycles. The minimum absolute atomic E-state index is 0.174. The highest BCUT2D eigenvalue weighted by atomic mass is 16.2. The molecule has 1 aromatic heterocycles. The number of anilines is 1. The maximum absolute atomic E-state index is 12.5. The Morgan fingerprint density at radius 1 is 1.20 bits per heavy atom. The van der Waals surface area contributed by atoms with Crippen LogP contribution in [-0.2, 0) is 17.8 Å². The van der Waals surface area contributed by atoms with Crippen molar-refractivity contribution in [2.45, 2.75) is 19.0 Å². The number of carbonyl (C=O) groups excluding carboxylic acids is 1. The van der Waals surface area contributed by atoms with E-state index in [1.807, 2.05) is 68.8 Å². The average Bonchev–Trinajstić information content (AvgIpc) is 2.98. The van der Waals surface area contributed by atoms with Gasteiger partial charge in [-0.1, -0.05) is 30.3 Å². The lowest BCUT2D eigenvalue weighted by Crippen LogP contribution is -2.37. The standard InChI is InChI=1S/C20H24N4O/c1-24(2)13-14-6-5-7-16(10-14)23-20(25)18(21)11-15-12-22-19-9-4-3-8-17(15)19/h3-10,12,18,22H,11,13,21H2,1-2H3,(H,23,25)/t18-/m0/s1. The number of nitrogens with zero attached hydrogens (tertiary/aromatic N) is 1. The highest BCUT2D eigenvalue weighted by Gasteiger charge is 2.16. The smallest absolute Gasteiger partial charge is 0.241 e. The van der Waals surface area contributed by atoms with Crippen LogP contribution in [0.25, 0.3) is 10.9 Å². The van der Waals surface area contributed by atoms with Crippen molar-refractivity contribution in [3.8, 4) is 0 Å². The Morgan fingerprint density at radius 2 is 2.00 bits per heavy atom. The van der Waals surface area contributed by atoms with Gasteiger partial charge in [-0.25, -0.2) is 0 Å². The Morgan fingerprint density at radius 3 is 2.80 bits per heavy atom. The third kappa shape index (κ3) is 4.26. The highest BCUT2D eigenvalue weighted by molar-refractivity contribution is 5.95. The second-order valence-corrected chi connectivity index (χ2v) is 6.60. The summed E-state index contributed by atoms with van der Waals surface area (Å²) in [5, 5.41) is 4.03. The summed E-state index contributed by atoms with van der Waals surface area (Å²) in [4.78, 5) is 17.8. The summed E-state index contributed by atoms with van der Waals surface area (Å²) in [7, 11) is 4.03. The first-order valence-electron chi connectivity index (χ1n) is 8.38. The Labute approximate surface area is 147 Å². The second kappa shape index (κ2) is 7.51. The number of benzene rings is 2. The van der Waals surface area contributed by atoms with Gasteiger partial charge in [0.1, 0.15) is 0 Å². The third-order valence-electron chi connectivity index (χ3n) is 4.14. The van der Waals surface area contributed by atoms with E-state index in [-0.39, 0.29) is 5.91 Å². The van der Waals surface area contributed by atoms with E-state index in [0.717, 1.165) is 34.3 Å². The maximum Gasteiger partial charge on any atom is 0.241 e. The molecular weight excluding hydrogens is 312 g/mol. The van der Waals surface area contributed by atoms with Gasteiger partial charge in [0.15, 0.2) is 0 Å². The van der Waals surface area contributed by atoms with E-state index in [0.29, 0.717) is 6.42 Å². The zero-order chi connectivity index (χ0) is 17.8. The van der Waals surface area contributed by atoms with Crippen LogP contribution in [0.4, 0.5) is 5.69 Å². The topological polar surface area (TPSA) is 74.2 Å². The summed E-state index contributed by atoms with van der Waals surface area (Å²) in [5.41, 5.74) is 10.2. The quantitative estimate of drug-likeness (QED) is 0.648. The molecule has 0 saturated heterocycles. The second-order valence-electron chi connectivity index (χ2n) is 6.60. The van der Waals surface area contributed by atoms with Crippen LogP contribution >= 0.6 is 0 Å². The van der Waals surface area contributed by atoms with E-state index in [1.165, 1.54) is 0 Å². The van der Waals surface area contributed by atoms with Crippen molar-refractivity contribution in [2.24, 2.45) is 5.73 Å². The largest absolute Gasteiger partial charge is 0.361 e. The van der Waals surface area contributed by atoms with Gasteiger partial charge in [-0.15, -0.1) is 0 Å². The fourth-order valence-electron chi connectivity index (χ4n) is 2.98. The number of nitrogens with two attached hydrogens (primary N) is 1. The van der Waals surface area contributed by atoms with Gasteiger partial charge in [0.25, 0.3) is 0 Å². The summed E-state index contributed by atoms with van der Waals surface area (Å²) < 4.78 is 0. The Hall–Kier alpha value is -2.63. The van der Waals surface area contributed by atoms with Crippen LogP contribution in [0.2, 0.25) is 0 Å². The van der Waals surface area contributed by atoms with Crippen molar-refractivity contribution in [2.75, 3.05) is 19.4 Å². The van der Waals surface area contributed by atoms with Gasteiger partial charge in [0, 0.05) is 29.3 Å². The van der Waals surface area contributed by atoms with Crippen molar-refractivity contribution >= 4 is 22.5 Å². The summed E-state index contributed by atoms with van der Waals surface area (Å²) in [6.45, 7) is 0.825. The van der Waals surface area contributed by atoms with E-state index < -0.39 is 6.04 Å². The molecule has 1 amide bonds. The fourth-order valence-corrected chi connectivity index (χ4v) is 2.98. The van der Waals surface area contributed by atoms with Crippen LogP contribution in [0.3, 0.4) is 0 Å². The first-order valence-corrected chi connectivity index (χ1v) is 8.38. The van der Waals surface area contributed by atoms with E-state index in [2.05, 4.69) is 15.2 Å². The number of aromatic amines is 1. The minimum Gasteiger partial charge on any atom is -0.361 e. The summed E-state index contributed by atoms with van der Waals surface area (Å²) in [6.07, 6.45) is 2.42. The van der Waals surface area contributed by atoms with Crippen LogP contribution in [0, 0.1) is 0 Å². The summed E-state index contributed by atoms with van der Waals surface area (Å²) in [5.74, 6) is -0.174. The van der Waals surface area contributed by atoms with Gasteiger partial charge in [-0.2, -0.15) is 0 Å². The molecule has 4 N–H and O–H groups in total. The zero-order valence-electron chi connectivity index (χ0n) is 14.6. The van der Waals surface area contributed by atoms with E-state index in [4.69, 9.17) is 5.73 Å². The molecule has 0 bridgehead atoms. The average molecular weight is 336 g/mol. The first kappa shape index (κ1) is 17.2. The van der Waals surface area contributed by atoms with Crippen molar-refractivity contribution < 1.29 is 4.79 Å². The molecule has 0 aliphatic rings.